The van der Waals surface area contributed by atoms with Gasteiger partial charge in [-0.2, -0.15) is 5.10 Å². The lowest BCUT2D eigenvalue weighted by atomic mass is 9.84. The number of nitrogens with two attached hydrogens (primary N) is 1. The number of aromatic nitrogens is 2. The van der Waals surface area contributed by atoms with Gasteiger partial charge in [0.15, 0.2) is 0 Å². The zero-order valence-electron chi connectivity index (χ0n) is 13.5. The smallest absolute Gasteiger partial charge is 0.242 e. The van der Waals surface area contributed by atoms with E-state index in [1.165, 1.54) is 19.3 Å². The third kappa shape index (κ3) is 3.46. The van der Waals surface area contributed by atoms with Crippen LogP contribution >= 0.6 is 0 Å². The van der Waals surface area contributed by atoms with Crippen molar-refractivity contribution in [2.24, 2.45) is 18.7 Å². The van der Waals surface area contributed by atoms with Crippen molar-refractivity contribution >= 4 is 11.7 Å². The second kappa shape index (κ2) is 7.07. The molecule has 1 heterocycles. The van der Waals surface area contributed by atoms with Crippen molar-refractivity contribution in [3.63, 3.8) is 0 Å². The Labute approximate surface area is 127 Å². The average Bonchev–Trinajstić information content (AvgIpc) is 2.82. The zero-order valence-corrected chi connectivity index (χ0v) is 13.5. The molecule has 5 heteroatoms. The number of carbonyl (C=O) groups excluding carboxylic acids is 1. The molecule has 0 bridgehead atoms. The van der Waals surface area contributed by atoms with Gasteiger partial charge in [-0.3, -0.25) is 9.48 Å². The second-order valence-electron chi connectivity index (χ2n) is 6.02. The summed E-state index contributed by atoms with van der Waals surface area (Å²) in [6.07, 6.45) is 7.54. The fourth-order valence-corrected chi connectivity index (χ4v) is 3.34. The fourth-order valence-electron chi connectivity index (χ4n) is 3.34. The van der Waals surface area contributed by atoms with Gasteiger partial charge in [0.25, 0.3) is 0 Å². The summed E-state index contributed by atoms with van der Waals surface area (Å²) >= 11 is 0. The maximum absolute atomic E-state index is 12.5. The van der Waals surface area contributed by atoms with Crippen LogP contribution in [0.1, 0.15) is 57.2 Å². The summed E-state index contributed by atoms with van der Waals surface area (Å²) < 4.78 is 1.77. The monoisotopic (exact) mass is 292 g/mol. The highest BCUT2D eigenvalue weighted by atomic mass is 16.2. The molecule has 0 saturated heterocycles. The van der Waals surface area contributed by atoms with E-state index in [9.17, 15) is 4.79 Å². The van der Waals surface area contributed by atoms with Crippen LogP contribution in [0.4, 0.5) is 5.82 Å². The van der Waals surface area contributed by atoms with Gasteiger partial charge in [0.2, 0.25) is 5.91 Å². The quantitative estimate of drug-likeness (QED) is 0.875. The van der Waals surface area contributed by atoms with Gasteiger partial charge >= 0.3 is 0 Å². The molecule has 0 radical (unpaired) electrons. The molecule has 5 nitrogen and oxygen atoms in total. The topological polar surface area (TPSA) is 72.9 Å². The number of hydrogen-bond acceptors (Lipinski definition) is 3. The molecule has 1 aliphatic rings. The van der Waals surface area contributed by atoms with Gasteiger partial charge in [-0.25, -0.2) is 0 Å². The van der Waals surface area contributed by atoms with Crippen LogP contribution in [-0.4, -0.2) is 21.7 Å². The number of rotatable bonds is 5. The van der Waals surface area contributed by atoms with E-state index in [4.69, 9.17) is 5.73 Å². The Morgan fingerprint density at radius 3 is 2.57 bits per heavy atom. The minimum absolute atomic E-state index is 0.0674. The first-order valence-corrected chi connectivity index (χ1v) is 8.19. The molecule has 0 unspecified atom stereocenters. The molecule has 3 N–H and O–H groups in total. The van der Waals surface area contributed by atoms with E-state index in [-0.39, 0.29) is 5.91 Å². The van der Waals surface area contributed by atoms with Crippen molar-refractivity contribution in [1.29, 1.82) is 0 Å². The highest BCUT2D eigenvalue weighted by Gasteiger charge is 2.27. The molecule has 1 saturated carbocycles. The van der Waals surface area contributed by atoms with Crippen LogP contribution < -0.4 is 11.1 Å². The minimum atomic E-state index is -0.407. The fraction of sp³-hybridized carbons (Fsp3) is 0.750. The molecule has 1 fully saturated rings. The Bertz CT molecular complexity index is 489. The highest BCUT2D eigenvalue weighted by molar-refractivity contribution is 5.94. The minimum Gasteiger partial charge on any atom is -0.320 e. The second-order valence-corrected chi connectivity index (χ2v) is 6.02. The lowest BCUT2D eigenvalue weighted by molar-refractivity contribution is -0.118. The van der Waals surface area contributed by atoms with Crippen LogP contribution in [0.3, 0.4) is 0 Å². The molecule has 118 valence electrons. The predicted molar refractivity (Wildman–Crippen MR) is 85.1 cm³/mol. The standard InChI is InChI=1S/C16H28N4O/c1-4-12-13(5-2)19-20(3)15(12)18-16(21)14(17)11-9-7-6-8-10-11/h11,14H,4-10,17H2,1-3H3,(H,18,21)/t14-/m0/s1. The van der Waals surface area contributed by atoms with Crippen molar-refractivity contribution in [2.75, 3.05) is 5.32 Å². The Kier molecular flexibility index (Phi) is 5.39. The highest BCUT2D eigenvalue weighted by Crippen LogP contribution is 2.27. The number of nitrogens with zero attached hydrogens (tertiary/aromatic N) is 2. The summed E-state index contributed by atoms with van der Waals surface area (Å²) in [6.45, 7) is 4.17. The predicted octanol–water partition coefficient (Wildman–Crippen LogP) is 2.39. The zero-order chi connectivity index (χ0) is 15.4. The van der Waals surface area contributed by atoms with Crippen LogP contribution in [0.25, 0.3) is 0 Å². The van der Waals surface area contributed by atoms with E-state index in [0.717, 1.165) is 42.8 Å². The molecule has 1 aromatic heterocycles. The van der Waals surface area contributed by atoms with E-state index in [2.05, 4.69) is 24.3 Å². The van der Waals surface area contributed by atoms with Gasteiger partial charge in [0, 0.05) is 12.6 Å². The third-order valence-electron chi connectivity index (χ3n) is 4.62. The van der Waals surface area contributed by atoms with Gasteiger partial charge in [0.05, 0.1) is 11.7 Å². The summed E-state index contributed by atoms with van der Waals surface area (Å²) in [5.41, 5.74) is 8.36. The Balaban J connectivity index is 2.10. The van der Waals surface area contributed by atoms with Gasteiger partial charge in [-0.15, -0.1) is 0 Å². The van der Waals surface area contributed by atoms with Crippen molar-refractivity contribution in [3.8, 4) is 0 Å². The molecule has 0 aromatic carbocycles. The first-order valence-electron chi connectivity index (χ1n) is 8.19. The van der Waals surface area contributed by atoms with Crippen molar-refractivity contribution < 1.29 is 4.79 Å². The molecule has 21 heavy (non-hydrogen) atoms. The van der Waals surface area contributed by atoms with E-state index >= 15 is 0 Å². The molecular weight excluding hydrogens is 264 g/mol. The van der Waals surface area contributed by atoms with Crippen LogP contribution in [0.15, 0.2) is 0 Å². The first kappa shape index (κ1) is 16.0. The number of nitrogens with one attached hydrogen (secondary N) is 1. The largest absolute Gasteiger partial charge is 0.320 e. The van der Waals surface area contributed by atoms with Gasteiger partial charge < -0.3 is 11.1 Å². The normalized spacial score (nSPS) is 17.7. The van der Waals surface area contributed by atoms with Crippen molar-refractivity contribution in [2.45, 2.75) is 64.8 Å². The van der Waals surface area contributed by atoms with E-state index in [0.29, 0.717) is 5.92 Å². The lowest BCUT2D eigenvalue weighted by Crippen LogP contribution is -2.43. The lowest BCUT2D eigenvalue weighted by Gasteiger charge is -2.26. The molecule has 1 aliphatic carbocycles. The number of hydrogen-bond donors (Lipinski definition) is 2. The molecule has 1 aromatic rings. The van der Waals surface area contributed by atoms with E-state index in [1.54, 1.807) is 4.68 Å². The molecule has 1 atom stereocenters. The van der Waals surface area contributed by atoms with Crippen molar-refractivity contribution in [1.82, 2.24) is 9.78 Å². The number of anilines is 1. The molecule has 1 amide bonds. The molecular formula is C16H28N4O. The van der Waals surface area contributed by atoms with Gasteiger partial charge in [-0.1, -0.05) is 33.1 Å². The van der Waals surface area contributed by atoms with Crippen molar-refractivity contribution in [3.05, 3.63) is 11.3 Å². The van der Waals surface area contributed by atoms with Gasteiger partial charge in [0.1, 0.15) is 5.82 Å². The SMILES string of the molecule is CCc1nn(C)c(NC(=O)[C@@H](N)C2CCCCC2)c1CC. The van der Waals surface area contributed by atoms with Crippen LogP contribution in [0, 0.1) is 5.92 Å². The maximum atomic E-state index is 12.5. The number of aryl methyl sites for hydroxylation is 2. The summed E-state index contributed by atoms with van der Waals surface area (Å²) in [5.74, 6) is 1.07. The number of amides is 1. The van der Waals surface area contributed by atoms with Crippen LogP contribution in [-0.2, 0) is 24.7 Å². The average molecular weight is 292 g/mol. The van der Waals surface area contributed by atoms with Gasteiger partial charge in [-0.05, 0) is 31.6 Å². The molecule has 0 aliphatic heterocycles. The van der Waals surface area contributed by atoms with E-state index < -0.39 is 6.04 Å². The Morgan fingerprint density at radius 1 is 1.33 bits per heavy atom. The Hall–Kier alpha value is -1.36. The third-order valence-corrected chi connectivity index (χ3v) is 4.62. The Morgan fingerprint density at radius 2 is 2.00 bits per heavy atom. The summed E-state index contributed by atoms with van der Waals surface area (Å²) in [5, 5.41) is 7.50. The first-order chi connectivity index (χ1) is 10.1. The van der Waals surface area contributed by atoms with Crippen LogP contribution in [0.2, 0.25) is 0 Å². The summed E-state index contributed by atoms with van der Waals surface area (Å²) in [4.78, 5) is 12.5. The number of carbonyl (C=O) groups is 1. The summed E-state index contributed by atoms with van der Waals surface area (Å²) in [6, 6.07) is -0.407. The van der Waals surface area contributed by atoms with Crippen LogP contribution in [0.5, 0.6) is 0 Å². The molecule has 2 rings (SSSR count). The molecule has 0 spiro atoms. The van der Waals surface area contributed by atoms with E-state index in [1.807, 2.05) is 7.05 Å². The maximum Gasteiger partial charge on any atom is 0.242 e. The summed E-state index contributed by atoms with van der Waals surface area (Å²) in [7, 11) is 1.88.